The molecule has 0 bridgehead atoms. The maximum Gasteiger partial charge on any atom is 0.191 e. The topological polar surface area (TPSA) is 58.8 Å². The molecule has 5 nitrogen and oxygen atoms in total. The molecule has 0 saturated carbocycles. The number of ether oxygens (including phenoxy) is 1. The summed E-state index contributed by atoms with van der Waals surface area (Å²) in [5, 5.41) is 6.51. The summed E-state index contributed by atoms with van der Waals surface area (Å²) in [5.74, 6) is 1.70. The number of halogens is 1. The van der Waals surface area contributed by atoms with Crippen LogP contribution in [0.3, 0.4) is 0 Å². The molecule has 1 rings (SSSR count). The molecule has 0 amide bonds. The van der Waals surface area contributed by atoms with E-state index in [2.05, 4.69) is 22.5 Å². The van der Waals surface area contributed by atoms with Crippen molar-refractivity contribution in [3.8, 4) is 0 Å². The summed E-state index contributed by atoms with van der Waals surface area (Å²) in [4.78, 5) is 4.46. The van der Waals surface area contributed by atoms with Gasteiger partial charge in [-0.1, -0.05) is 0 Å². The monoisotopic (exact) mass is 395 g/mol. The van der Waals surface area contributed by atoms with Gasteiger partial charge >= 0.3 is 0 Å². The third kappa shape index (κ3) is 9.19. The van der Waals surface area contributed by atoms with Crippen LogP contribution in [-0.4, -0.2) is 32.3 Å². The molecule has 0 aliphatic rings. The first kappa shape index (κ1) is 19.2. The van der Waals surface area contributed by atoms with Crippen LogP contribution in [0.4, 0.5) is 0 Å². The van der Waals surface area contributed by atoms with Crippen molar-refractivity contribution in [2.45, 2.75) is 33.2 Å². The summed E-state index contributed by atoms with van der Waals surface area (Å²) in [7, 11) is 0. The van der Waals surface area contributed by atoms with Gasteiger partial charge in [0, 0.05) is 26.3 Å². The molecule has 0 aliphatic heterocycles. The van der Waals surface area contributed by atoms with Gasteiger partial charge in [0.2, 0.25) is 0 Å². The minimum absolute atomic E-state index is 0. The SMILES string of the molecule is CCNC(=NCc1ccco1)NCCCCOCC.I. The lowest BCUT2D eigenvalue weighted by Gasteiger charge is -2.10. The highest BCUT2D eigenvalue weighted by atomic mass is 127. The van der Waals surface area contributed by atoms with Gasteiger partial charge < -0.3 is 19.8 Å². The molecule has 0 aromatic carbocycles. The number of hydrogen-bond donors (Lipinski definition) is 2. The molecule has 0 aliphatic carbocycles. The van der Waals surface area contributed by atoms with Gasteiger partial charge in [-0.05, 0) is 38.8 Å². The number of nitrogens with one attached hydrogen (secondary N) is 2. The summed E-state index contributed by atoms with van der Waals surface area (Å²) in [5.41, 5.74) is 0. The fraction of sp³-hybridized carbons (Fsp3) is 0.643. The second kappa shape index (κ2) is 13.2. The van der Waals surface area contributed by atoms with Gasteiger partial charge in [0.1, 0.15) is 12.3 Å². The molecule has 0 unspecified atom stereocenters. The van der Waals surface area contributed by atoms with Crippen LogP contribution >= 0.6 is 24.0 Å². The van der Waals surface area contributed by atoms with Crippen LogP contribution in [0.15, 0.2) is 27.8 Å². The van der Waals surface area contributed by atoms with Crippen LogP contribution in [0.1, 0.15) is 32.4 Å². The second-order valence-corrected chi connectivity index (χ2v) is 4.11. The highest BCUT2D eigenvalue weighted by Crippen LogP contribution is 2.01. The van der Waals surface area contributed by atoms with Gasteiger partial charge in [0.05, 0.1) is 6.26 Å². The summed E-state index contributed by atoms with van der Waals surface area (Å²) >= 11 is 0. The van der Waals surface area contributed by atoms with E-state index in [-0.39, 0.29) is 24.0 Å². The maximum absolute atomic E-state index is 5.30. The van der Waals surface area contributed by atoms with E-state index in [9.17, 15) is 0 Å². The summed E-state index contributed by atoms with van der Waals surface area (Å²) in [6.07, 6.45) is 3.81. The van der Waals surface area contributed by atoms with Gasteiger partial charge in [-0.2, -0.15) is 0 Å². The lowest BCUT2D eigenvalue weighted by Crippen LogP contribution is -2.37. The lowest BCUT2D eigenvalue weighted by molar-refractivity contribution is 0.143. The van der Waals surface area contributed by atoms with Crippen molar-refractivity contribution in [2.75, 3.05) is 26.3 Å². The molecule has 1 aromatic rings. The molecule has 2 N–H and O–H groups in total. The molecular weight excluding hydrogens is 369 g/mol. The quantitative estimate of drug-likeness (QED) is 0.292. The van der Waals surface area contributed by atoms with Crippen LogP contribution in [-0.2, 0) is 11.3 Å². The Morgan fingerprint density at radius 3 is 2.80 bits per heavy atom. The Morgan fingerprint density at radius 2 is 2.15 bits per heavy atom. The Hall–Kier alpha value is -0.760. The van der Waals surface area contributed by atoms with Crippen molar-refractivity contribution in [3.63, 3.8) is 0 Å². The summed E-state index contributed by atoms with van der Waals surface area (Å²) in [6, 6.07) is 3.80. The predicted molar refractivity (Wildman–Crippen MR) is 92.7 cm³/mol. The fourth-order valence-corrected chi connectivity index (χ4v) is 1.58. The molecule has 6 heteroatoms. The van der Waals surface area contributed by atoms with Crippen molar-refractivity contribution >= 4 is 29.9 Å². The Morgan fingerprint density at radius 1 is 1.30 bits per heavy atom. The second-order valence-electron chi connectivity index (χ2n) is 4.11. The molecular formula is C14H26IN3O2. The van der Waals surface area contributed by atoms with Crippen molar-refractivity contribution in [2.24, 2.45) is 4.99 Å². The minimum atomic E-state index is 0. The minimum Gasteiger partial charge on any atom is -0.467 e. The van der Waals surface area contributed by atoms with Crippen molar-refractivity contribution < 1.29 is 9.15 Å². The van der Waals surface area contributed by atoms with Crippen LogP contribution in [0.5, 0.6) is 0 Å². The molecule has 20 heavy (non-hydrogen) atoms. The number of rotatable bonds is 9. The third-order valence-electron chi connectivity index (χ3n) is 2.53. The molecule has 0 spiro atoms. The van der Waals surface area contributed by atoms with Gasteiger partial charge in [-0.3, -0.25) is 0 Å². The van der Waals surface area contributed by atoms with Gasteiger partial charge in [-0.25, -0.2) is 4.99 Å². The first-order valence-corrected chi connectivity index (χ1v) is 6.99. The molecule has 0 saturated heterocycles. The zero-order valence-corrected chi connectivity index (χ0v) is 14.7. The van der Waals surface area contributed by atoms with Gasteiger partial charge in [0.15, 0.2) is 5.96 Å². The average molecular weight is 395 g/mol. The van der Waals surface area contributed by atoms with Crippen molar-refractivity contribution in [1.29, 1.82) is 0 Å². The Labute approximate surface area is 138 Å². The number of unbranched alkanes of at least 4 members (excludes halogenated alkanes) is 1. The average Bonchev–Trinajstić information content (AvgIpc) is 2.93. The first-order chi connectivity index (χ1) is 9.36. The molecule has 1 heterocycles. The van der Waals surface area contributed by atoms with E-state index in [1.54, 1.807) is 6.26 Å². The predicted octanol–water partition coefficient (Wildman–Crippen LogP) is 2.77. The lowest BCUT2D eigenvalue weighted by atomic mass is 10.3. The number of nitrogens with zero attached hydrogens (tertiary/aromatic N) is 1. The zero-order valence-electron chi connectivity index (χ0n) is 12.4. The van der Waals surface area contributed by atoms with Crippen LogP contribution in [0, 0.1) is 0 Å². The van der Waals surface area contributed by atoms with E-state index in [1.807, 2.05) is 19.1 Å². The van der Waals surface area contributed by atoms with Crippen LogP contribution < -0.4 is 10.6 Å². The third-order valence-corrected chi connectivity index (χ3v) is 2.53. The van der Waals surface area contributed by atoms with E-state index in [0.29, 0.717) is 6.54 Å². The molecule has 116 valence electrons. The van der Waals surface area contributed by atoms with Crippen molar-refractivity contribution in [3.05, 3.63) is 24.2 Å². The van der Waals surface area contributed by atoms with Gasteiger partial charge in [0.25, 0.3) is 0 Å². The summed E-state index contributed by atoms with van der Waals surface area (Å²) < 4.78 is 10.6. The number of hydrogen-bond acceptors (Lipinski definition) is 3. The highest BCUT2D eigenvalue weighted by Gasteiger charge is 1.98. The number of guanidine groups is 1. The van der Waals surface area contributed by atoms with Crippen molar-refractivity contribution in [1.82, 2.24) is 10.6 Å². The Balaban J connectivity index is 0.00000361. The van der Waals surface area contributed by atoms with E-state index in [4.69, 9.17) is 9.15 Å². The van der Waals surface area contributed by atoms with Crippen LogP contribution in [0.25, 0.3) is 0 Å². The zero-order chi connectivity index (χ0) is 13.8. The number of aliphatic imine (C=N–C) groups is 1. The molecule has 0 atom stereocenters. The van der Waals surface area contributed by atoms with E-state index in [0.717, 1.165) is 50.9 Å². The molecule has 0 radical (unpaired) electrons. The van der Waals surface area contributed by atoms with E-state index < -0.39 is 0 Å². The maximum atomic E-state index is 5.30. The first-order valence-electron chi connectivity index (χ1n) is 6.99. The molecule has 0 fully saturated rings. The van der Waals surface area contributed by atoms with Gasteiger partial charge in [-0.15, -0.1) is 24.0 Å². The fourth-order valence-electron chi connectivity index (χ4n) is 1.58. The van der Waals surface area contributed by atoms with E-state index in [1.165, 1.54) is 0 Å². The highest BCUT2D eigenvalue weighted by molar-refractivity contribution is 14.0. The normalized spacial score (nSPS) is 11.0. The smallest absolute Gasteiger partial charge is 0.191 e. The van der Waals surface area contributed by atoms with E-state index >= 15 is 0 Å². The Bertz CT molecular complexity index is 342. The number of furan rings is 1. The standard InChI is InChI=1S/C14H25N3O2.HI/c1-3-15-14(16-9-5-6-10-18-4-2)17-12-13-8-7-11-19-13;/h7-8,11H,3-6,9-10,12H2,1-2H3,(H2,15,16,17);1H. The largest absolute Gasteiger partial charge is 0.467 e. The van der Waals surface area contributed by atoms with Crippen LogP contribution in [0.2, 0.25) is 0 Å². The summed E-state index contributed by atoms with van der Waals surface area (Å²) in [6.45, 7) is 8.00. The Kier molecular flexibility index (Phi) is 12.7. The molecule has 1 aromatic heterocycles.